The SMILES string of the molecule is CCOCC(=O)N1CCCn2cc(-c3ccc4c(c3)OCO4)nc21. The fourth-order valence-electron chi connectivity index (χ4n) is 2.98. The number of aromatic nitrogens is 2. The van der Waals surface area contributed by atoms with Crippen LogP contribution in [-0.4, -0.2) is 42.0 Å². The van der Waals surface area contributed by atoms with Crippen molar-refractivity contribution < 1.29 is 19.0 Å². The summed E-state index contributed by atoms with van der Waals surface area (Å²) in [6, 6.07) is 5.76. The van der Waals surface area contributed by atoms with Crippen LogP contribution in [0, 0.1) is 0 Å². The van der Waals surface area contributed by atoms with Crippen molar-refractivity contribution >= 4 is 11.9 Å². The number of aryl methyl sites for hydroxylation is 1. The standard InChI is InChI=1S/C17H19N3O4/c1-2-22-10-16(21)20-7-3-6-19-9-13(18-17(19)20)12-4-5-14-15(8-12)24-11-23-14/h4-5,8-9H,2-3,6-7,10-11H2,1H3. The maximum absolute atomic E-state index is 12.3. The second kappa shape index (κ2) is 6.16. The number of benzene rings is 1. The van der Waals surface area contributed by atoms with E-state index in [1.54, 1.807) is 4.90 Å². The summed E-state index contributed by atoms with van der Waals surface area (Å²) in [5.74, 6) is 2.10. The van der Waals surface area contributed by atoms with E-state index in [2.05, 4.69) is 4.98 Å². The van der Waals surface area contributed by atoms with E-state index in [1.807, 2.05) is 35.9 Å². The molecule has 0 saturated heterocycles. The van der Waals surface area contributed by atoms with Gasteiger partial charge in [-0.25, -0.2) is 4.98 Å². The van der Waals surface area contributed by atoms with E-state index in [1.165, 1.54) is 0 Å². The van der Waals surface area contributed by atoms with Crippen molar-refractivity contribution in [3.63, 3.8) is 0 Å². The smallest absolute Gasteiger partial charge is 0.255 e. The average molecular weight is 329 g/mol. The summed E-state index contributed by atoms with van der Waals surface area (Å²) in [6.07, 6.45) is 2.88. The zero-order valence-corrected chi connectivity index (χ0v) is 13.5. The molecule has 0 N–H and O–H groups in total. The molecule has 2 aliphatic rings. The Bertz CT molecular complexity index is 771. The Kier molecular flexibility index (Phi) is 3.86. The van der Waals surface area contributed by atoms with Gasteiger partial charge >= 0.3 is 0 Å². The number of anilines is 1. The second-order valence-corrected chi connectivity index (χ2v) is 5.72. The first-order valence-corrected chi connectivity index (χ1v) is 8.11. The average Bonchev–Trinajstić information content (AvgIpc) is 3.24. The number of hydrogen-bond acceptors (Lipinski definition) is 5. The molecule has 0 fully saturated rings. The quantitative estimate of drug-likeness (QED) is 0.859. The van der Waals surface area contributed by atoms with Crippen LogP contribution < -0.4 is 14.4 Å². The number of rotatable bonds is 4. The minimum Gasteiger partial charge on any atom is -0.454 e. The van der Waals surface area contributed by atoms with Crippen LogP contribution in [0.2, 0.25) is 0 Å². The van der Waals surface area contributed by atoms with Crippen LogP contribution in [-0.2, 0) is 16.1 Å². The summed E-state index contributed by atoms with van der Waals surface area (Å²) >= 11 is 0. The van der Waals surface area contributed by atoms with Crippen LogP contribution in [0.15, 0.2) is 24.4 Å². The highest BCUT2D eigenvalue weighted by Gasteiger charge is 2.26. The largest absolute Gasteiger partial charge is 0.454 e. The van der Waals surface area contributed by atoms with Gasteiger partial charge in [0, 0.05) is 31.5 Å². The third-order valence-electron chi connectivity index (χ3n) is 4.18. The van der Waals surface area contributed by atoms with Gasteiger partial charge < -0.3 is 18.8 Å². The van der Waals surface area contributed by atoms with Gasteiger partial charge in [-0.3, -0.25) is 9.69 Å². The lowest BCUT2D eigenvalue weighted by atomic mass is 10.1. The number of amides is 1. The van der Waals surface area contributed by atoms with Crippen molar-refractivity contribution in [3.05, 3.63) is 24.4 Å². The third-order valence-corrected chi connectivity index (χ3v) is 4.18. The Morgan fingerprint density at radius 3 is 3.04 bits per heavy atom. The molecule has 7 heteroatoms. The van der Waals surface area contributed by atoms with Crippen LogP contribution in [0.25, 0.3) is 11.3 Å². The predicted molar refractivity (Wildman–Crippen MR) is 87.2 cm³/mol. The van der Waals surface area contributed by atoms with Crippen molar-refractivity contribution in [2.75, 3.05) is 31.5 Å². The fourth-order valence-corrected chi connectivity index (χ4v) is 2.98. The van der Waals surface area contributed by atoms with Gasteiger partial charge in [-0.1, -0.05) is 0 Å². The first-order chi connectivity index (χ1) is 11.8. The van der Waals surface area contributed by atoms with E-state index < -0.39 is 0 Å². The second-order valence-electron chi connectivity index (χ2n) is 5.72. The zero-order valence-electron chi connectivity index (χ0n) is 13.5. The molecule has 3 heterocycles. The summed E-state index contributed by atoms with van der Waals surface area (Å²) in [6.45, 7) is 4.26. The predicted octanol–water partition coefficient (Wildman–Crippen LogP) is 2.05. The van der Waals surface area contributed by atoms with Crippen molar-refractivity contribution in [2.45, 2.75) is 19.9 Å². The molecule has 0 atom stereocenters. The van der Waals surface area contributed by atoms with Gasteiger partial charge in [0.05, 0.1) is 5.69 Å². The van der Waals surface area contributed by atoms with Crippen molar-refractivity contribution in [1.29, 1.82) is 0 Å². The van der Waals surface area contributed by atoms with E-state index in [4.69, 9.17) is 14.2 Å². The molecule has 0 unspecified atom stereocenters. The number of carbonyl (C=O) groups excluding carboxylic acids is 1. The maximum atomic E-state index is 12.3. The Labute approximate surface area is 139 Å². The lowest BCUT2D eigenvalue weighted by molar-refractivity contribution is -0.123. The van der Waals surface area contributed by atoms with Gasteiger partial charge in [-0.05, 0) is 31.5 Å². The molecule has 0 aliphatic carbocycles. The summed E-state index contributed by atoms with van der Waals surface area (Å²) in [5.41, 5.74) is 1.76. The lowest BCUT2D eigenvalue weighted by Crippen LogP contribution is -2.39. The molecular weight excluding hydrogens is 310 g/mol. The number of hydrogen-bond donors (Lipinski definition) is 0. The van der Waals surface area contributed by atoms with E-state index in [9.17, 15) is 4.79 Å². The molecule has 2 aliphatic heterocycles. The van der Waals surface area contributed by atoms with Crippen LogP contribution in [0.5, 0.6) is 11.5 Å². The molecule has 1 amide bonds. The number of imidazole rings is 1. The Hall–Kier alpha value is -2.54. The third kappa shape index (κ3) is 2.60. The first kappa shape index (κ1) is 15.0. The van der Waals surface area contributed by atoms with Crippen LogP contribution >= 0.6 is 0 Å². The van der Waals surface area contributed by atoms with Gasteiger partial charge in [0.25, 0.3) is 5.91 Å². The molecular formula is C17H19N3O4. The summed E-state index contributed by atoms with van der Waals surface area (Å²) in [5, 5.41) is 0. The highest BCUT2D eigenvalue weighted by atomic mass is 16.7. The minimum atomic E-state index is -0.0550. The Balaban J connectivity index is 1.63. The molecule has 126 valence electrons. The molecule has 1 aromatic carbocycles. The normalized spacial score (nSPS) is 15.5. The maximum Gasteiger partial charge on any atom is 0.255 e. The molecule has 24 heavy (non-hydrogen) atoms. The molecule has 7 nitrogen and oxygen atoms in total. The highest BCUT2D eigenvalue weighted by molar-refractivity contribution is 5.93. The van der Waals surface area contributed by atoms with Gasteiger partial charge in [-0.15, -0.1) is 0 Å². The molecule has 2 aromatic rings. The minimum absolute atomic E-state index is 0.0550. The Morgan fingerprint density at radius 1 is 1.29 bits per heavy atom. The molecule has 0 saturated carbocycles. The zero-order chi connectivity index (χ0) is 16.5. The molecule has 0 spiro atoms. The number of ether oxygens (including phenoxy) is 3. The summed E-state index contributed by atoms with van der Waals surface area (Å²) in [4.78, 5) is 18.7. The van der Waals surface area contributed by atoms with Gasteiger partial charge in [-0.2, -0.15) is 0 Å². The van der Waals surface area contributed by atoms with Crippen molar-refractivity contribution in [2.24, 2.45) is 0 Å². The molecule has 4 rings (SSSR count). The van der Waals surface area contributed by atoms with Gasteiger partial charge in [0.2, 0.25) is 12.7 Å². The molecule has 0 bridgehead atoms. The Morgan fingerprint density at radius 2 is 2.17 bits per heavy atom. The van der Waals surface area contributed by atoms with Crippen molar-refractivity contribution in [3.8, 4) is 22.8 Å². The highest BCUT2D eigenvalue weighted by Crippen LogP contribution is 2.36. The van der Waals surface area contributed by atoms with Crippen LogP contribution in [0.3, 0.4) is 0 Å². The van der Waals surface area contributed by atoms with E-state index in [0.717, 1.165) is 35.7 Å². The van der Waals surface area contributed by atoms with Gasteiger partial charge in [0.1, 0.15) is 6.61 Å². The number of carbonyl (C=O) groups is 1. The molecule has 1 aromatic heterocycles. The molecule has 0 radical (unpaired) electrons. The summed E-state index contributed by atoms with van der Waals surface area (Å²) < 4.78 is 18.0. The first-order valence-electron chi connectivity index (χ1n) is 8.11. The number of fused-ring (bicyclic) bond motifs is 2. The van der Waals surface area contributed by atoms with E-state index >= 15 is 0 Å². The number of nitrogens with zero attached hydrogens (tertiary/aromatic N) is 3. The van der Waals surface area contributed by atoms with Crippen LogP contribution in [0.4, 0.5) is 5.95 Å². The summed E-state index contributed by atoms with van der Waals surface area (Å²) in [7, 11) is 0. The monoisotopic (exact) mass is 329 g/mol. The topological polar surface area (TPSA) is 65.8 Å². The van der Waals surface area contributed by atoms with Gasteiger partial charge in [0.15, 0.2) is 11.5 Å². The van der Waals surface area contributed by atoms with Crippen LogP contribution in [0.1, 0.15) is 13.3 Å². The lowest BCUT2D eigenvalue weighted by Gasteiger charge is -2.26. The van der Waals surface area contributed by atoms with E-state index in [-0.39, 0.29) is 19.3 Å². The fraction of sp³-hybridized carbons (Fsp3) is 0.412. The van der Waals surface area contributed by atoms with Crippen molar-refractivity contribution in [1.82, 2.24) is 9.55 Å². The van der Waals surface area contributed by atoms with E-state index in [0.29, 0.717) is 19.1 Å².